The Morgan fingerprint density at radius 3 is 3.04 bits per heavy atom. The monoisotopic (exact) mass is 388 g/mol. The van der Waals surface area contributed by atoms with Gasteiger partial charge in [0.1, 0.15) is 5.01 Å². The van der Waals surface area contributed by atoms with Crippen LogP contribution in [-0.4, -0.2) is 46.6 Å². The molecule has 2 N–H and O–H groups in total. The van der Waals surface area contributed by atoms with Gasteiger partial charge in [-0.25, -0.2) is 0 Å². The molecular weight excluding hydrogens is 364 g/mol. The van der Waals surface area contributed by atoms with Gasteiger partial charge in [-0.3, -0.25) is 19.5 Å². The second-order valence-electron chi connectivity index (χ2n) is 6.45. The van der Waals surface area contributed by atoms with Crippen molar-refractivity contribution in [3.63, 3.8) is 0 Å². The summed E-state index contributed by atoms with van der Waals surface area (Å²) in [5.74, 6) is -0.472. The van der Waals surface area contributed by atoms with Gasteiger partial charge in [-0.15, -0.1) is 10.2 Å². The highest BCUT2D eigenvalue weighted by atomic mass is 32.1. The highest BCUT2D eigenvalue weighted by molar-refractivity contribution is 7.15. The Labute approximate surface area is 162 Å². The number of hydrogen-bond acceptors (Lipinski definition) is 7. The van der Waals surface area contributed by atoms with Crippen LogP contribution in [0.15, 0.2) is 24.5 Å². The molecule has 1 saturated heterocycles. The summed E-state index contributed by atoms with van der Waals surface area (Å²) in [6.45, 7) is 3.76. The van der Waals surface area contributed by atoms with Crippen molar-refractivity contribution in [3.8, 4) is 0 Å². The fourth-order valence-electron chi connectivity index (χ4n) is 2.88. The predicted octanol–water partition coefficient (Wildman–Crippen LogP) is 1.86. The van der Waals surface area contributed by atoms with E-state index in [0.717, 1.165) is 36.5 Å². The lowest BCUT2D eigenvalue weighted by Crippen LogP contribution is -2.34. The zero-order chi connectivity index (χ0) is 19.1. The van der Waals surface area contributed by atoms with Gasteiger partial charge in [0.05, 0.1) is 11.6 Å². The lowest BCUT2D eigenvalue weighted by molar-refractivity contribution is -0.126. The largest absolute Gasteiger partial charge is 0.384 e. The highest BCUT2D eigenvalue weighted by Crippen LogP contribution is 2.28. The maximum absolute atomic E-state index is 12.4. The molecule has 3 heterocycles. The number of aromatic nitrogens is 3. The van der Waals surface area contributed by atoms with Crippen molar-refractivity contribution in [3.05, 3.63) is 29.5 Å². The molecule has 1 fully saturated rings. The molecule has 144 valence electrons. The highest BCUT2D eigenvalue weighted by Gasteiger charge is 2.36. The average Bonchev–Trinajstić information content (AvgIpc) is 3.29. The Balaban J connectivity index is 1.40. The summed E-state index contributed by atoms with van der Waals surface area (Å²) >= 11 is 1.43. The first-order valence-electron chi connectivity index (χ1n) is 9.21. The average molecular weight is 388 g/mol. The van der Waals surface area contributed by atoms with Gasteiger partial charge in [0, 0.05) is 44.9 Å². The first-order valence-corrected chi connectivity index (χ1v) is 10.0. The zero-order valence-electron chi connectivity index (χ0n) is 15.4. The molecule has 2 amide bonds. The van der Waals surface area contributed by atoms with E-state index in [4.69, 9.17) is 0 Å². The van der Waals surface area contributed by atoms with Crippen LogP contribution in [0, 0.1) is 5.92 Å². The molecule has 9 heteroatoms. The summed E-state index contributed by atoms with van der Waals surface area (Å²) < 4.78 is 0. The molecule has 3 rings (SSSR count). The molecule has 0 spiro atoms. The van der Waals surface area contributed by atoms with E-state index in [9.17, 15) is 9.59 Å². The number of rotatable bonds is 9. The molecule has 0 bridgehead atoms. The van der Waals surface area contributed by atoms with Gasteiger partial charge >= 0.3 is 0 Å². The van der Waals surface area contributed by atoms with Crippen LogP contribution in [0.4, 0.5) is 10.8 Å². The molecular formula is C18H24N6O2S. The van der Waals surface area contributed by atoms with Crippen molar-refractivity contribution in [2.24, 2.45) is 5.92 Å². The van der Waals surface area contributed by atoms with Gasteiger partial charge in [0.2, 0.25) is 16.9 Å². The summed E-state index contributed by atoms with van der Waals surface area (Å²) in [6.07, 6.45) is 6.35. The number of nitrogens with one attached hydrogen (secondary N) is 2. The van der Waals surface area contributed by atoms with Crippen LogP contribution < -0.4 is 15.5 Å². The van der Waals surface area contributed by atoms with Crippen LogP contribution >= 0.6 is 11.3 Å². The molecule has 8 nitrogen and oxygen atoms in total. The van der Waals surface area contributed by atoms with Crippen LogP contribution in [0.5, 0.6) is 0 Å². The van der Waals surface area contributed by atoms with E-state index in [0.29, 0.717) is 18.2 Å². The van der Waals surface area contributed by atoms with E-state index in [2.05, 4.69) is 32.7 Å². The summed E-state index contributed by atoms with van der Waals surface area (Å²) in [5, 5.41) is 15.9. The molecule has 27 heavy (non-hydrogen) atoms. The van der Waals surface area contributed by atoms with E-state index < -0.39 is 0 Å². The van der Waals surface area contributed by atoms with E-state index in [1.807, 2.05) is 12.1 Å². The van der Waals surface area contributed by atoms with E-state index >= 15 is 0 Å². The third-order valence-electron chi connectivity index (χ3n) is 4.29. The lowest BCUT2D eigenvalue weighted by atomic mass is 10.1. The Kier molecular flexibility index (Phi) is 6.69. The first kappa shape index (κ1) is 19.2. The minimum Gasteiger partial charge on any atom is -0.384 e. The van der Waals surface area contributed by atoms with E-state index in [1.165, 1.54) is 11.3 Å². The van der Waals surface area contributed by atoms with Crippen LogP contribution in [0.1, 0.15) is 31.2 Å². The normalized spacial score (nSPS) is 16.6. The third-order valence-corrected chi connectivity index (χ3v) is 5.30. The molecule has 0 saturated carbocycles. The molecule has 0 radical (unpaired) electrons. The number of hydrogen-bond donors (Lipinski definition) is 2. The fourth-order valence-corrected chi connectivity index (χ4v) is 3.85. The molecule has 0 aliphatic carbocycles. The number of carbonyl (C=O) groups is 2. The molecule has 2 aromatic heterocycles. The maximum Gasteiger partial charge on any atom is 0.229 e. The topological polar surface area (TPSA) is 100 Å². The minimum absolute atomic E-state index is 0.0624. The first-order chi connectivity index (χ1) is 13.2. The number of pyridine rings is 1. The van der Waals surface area contributed by atoms with Gasteiger partial charge in [0.25, 0.3) is 0 Å². The van der Waals surface area contributed by atoms with Crippen molar-refractivity contribution < 1.29 is 9.59 Å². The number of amides is 2. The summed E-state index contributed by atoms with van der Waals surface area (Å²) in [5.41, 5.74) is 0.959. The number of carbonyl (C=O) groups excluding carboxylic acids is 2. The summed E-state index contributed by atoms with van der Waals surface area (Å²) in [7, 11) is 0. The van der Waals surface area contributed by atoms with Gasteiger partial charge in [-0.2, -0.15) is 0 Å². The van der Waals surface area contributed by atoms with Gasteiger partial charge in [-0.1, -0.05) is 18.3 Å². The van der Waals surface area contributed by atoms with Crippen molar-refractivity contribution in [2.45, 2.75) is 32.6 Å². The van der Waals surface area contributed by atoms with Crippen molar-refractivity contribution >= 4 is 34.0 Å². The standard InChI is InChI=1S/C18H24N6O2S/c1-2-5-15-22-23-18(27-15)24-12-13(10-16(24)25)17(26)21-9-4-8-20-14-6-3-7-19-11-14/h3,6-7,11,13,20H,2,4-5,8-10,12H2,1H3,(H,21,26). The Bertz CT molecular complexity index is 766. The van der Waals surface area contributed by atoms with Gasteiger partial charge < -0.3 is 10.6 Å². The molecule has 2 aromatic rings. The van der Waals surface area contributed by atoms with Crippen molar-refractivity contribution in [1.29, 1.82) is 0 Å². The van der Waals surface area contributed by atoms with Crippen molar-refractivity contribution in [1.82, 2.24) is 20.5 Å². The smallest absolute Gasteiger partial charge is 0.229 e. The van der Waals surface area contributed by atoms with E-state index in [1.54, 1.807) is 17.3 Å². The zero-order valence-corrected chi connectivity index (χ0v) is 16.2. The molecule has 1 aliphatic rings. The van der Waals surface area contributed by atoms with Crippen molar-refractivity contribution in [2.75, 3.05) is 29.9 Å². The quantitative estimate of drug-likeness (QED) is 0.636. The van der Waals surface area contributed by atoms with Gasteiger partial charge in [0.15, 0.2) is 0 Å². The Morgan fingerprint density at radius 2 is 2.26 bits per heavy atom. The third kappa shape index (κ3) is 5.22. The minimum atomic E-state index is -0.331. The number of anilines is 2. The molecule has 0 aromatic carbocycles. The fraction of sp³-hybridized carbons (Fsp3) is 0.500. The lowest BCUT2D eigenvalue weighted by Gasteiger charge is -2.13. The maximum atomic E-state index is 12.4. The Morgan fingerprint density at radius 1 is 1.37 bits per heavy atom. The molecule has 1 aliphatic heterocycles. The summed E-state index contributed by atoms with van der Waals surface area (Å²) in [4.78, 5) is 30.2. The second kappa shape index (κ2) is 9.40. The number of aryl methyl sites for hydroxylation is 1. The van der Waals surface area contributed by atoms with Crippen LogP contribution in [0.2, 0.25) is 0 Å². The van der Waals surface area contributed by atoms with Crippen LogP contribution in [-0.2, 0) is 16.0 Å². The molecule has 1 atom stereocenters. The second-order valence-corrected chi connectivity index (χ2v) is 7.49. The SMILES string of the molecule is CCCc1nnc(N2CC(C(=O)NCCCNc3cccnc3)CC2=O)s1. The van der Waals surface area contributed by atoms with E-state index in [-0.39, 0.29) is 24.2 Å². The van der Waals surface area contributed by atoms with Crippen LogP contribution in [0.3, 0.4) is 0 Å². The summed E-state index contributed by atoms with van der Waals surface area (Å²) in [6, 6.07) is 3.82. The molecule has 1 unspecified atom stereocenters. The van der Waals surface area contributed by atoms with Crippen LogP contribution in [0.25, 0.3) is 0 Å². The van der Waals surface area contributed by atoms with Gasteiger partial charge in [-0.05, 0) is 25.0 Å². The predicted molar refractivity (Wildman–Crippen MR) is 105 cm³/mol. The Hall–Kier alpha value is -2.55. The number of nitrogens with zero attached hydrogens (tertiary/aromatic N) is 4.